The standard InChI is InChI=1S/C22H29N5/c23-9-12-25-14-17-1-3-19(4-2-17)20-5-6-21-22(13-20)27(16-26-21)15-18-7-10-24-11-8-18/h1-6,13,16,18,24-25H,7-12,14-15,23H2. The maximum Gasteiger partial charge on any atom is 0.0958 e. The van der Waals surface area contributed by atoms with Crippen molar-refractivity contribution in [3.05, 3.63) is 54.4 Å². The molecule has 0 atom stereocenters. The van der Waals surface area contributed by atoms with Crippen molar-refractivity contribution in [1.29, 1.82) is 0 Å². The van der Waals surface area contributed by atoms with E-state index in [0.717, 1.165) is 44.2 Å². The van der Waals surface area contributed by atoms with E-state index in [4.69, 9.17) is 5.73 Å². The highest BCUT2D eigenvalue weighted by molar-refractivity contribution is 5.82. The number of aromatic nitrogens is 2. The molecule has 4 N–H and O–H groups in total. The normalized spacial score (nSPS) is 15.4. The van der Waals surface area contributed by atoms with E-state index in [-0.39, 0.29) is 0 Å². The zero-order valence-corrected chi connectivity index (χ0v) is 15.8. The van der Waals surface area contributed by atoms with E-state index in [1.165, 1.54) is 35.0 Å². The van der Waals surface area contributed by atoms with E-state index in [0.29, 0.717) is 6.54 Å². The Hall–Kier alpha value is -2.21. The van der Waals surface area contributed by atoms with E-state index in [1.54, 1.807) is 0 Å². The smallest absolute Gasteiger partial charge is 0.0958 e. The quantitative estimate of drug-likeness (QED) is 0.565. The molecule has 0 unspecified atom stereocenters. The predicted molar refractivity (Wildman–Crippen MR) is 112 cm³/mol. The lowest BCUT2D eigenvalue weighted by atomic mass is 9.98. The van der Waals surface area contributed by atoms with Gasteiger partial charge in [0.2, 0.25) is 0 Å². The van der Waals surface area contributed by atoms with Crippen molar-refractivity contribution in [2.75, 3.05) is 26.2 Å². The van der Waals surface area contributed by atoms with E-state index < -0.39 is 0 Å². The Balaban J connectivity index is 1.52. The molecule has 0 radical (unpaired) electrons. The molecule has 4 rings (SSSR count). The first-order valence-electron chi connectivity index (χ1n) is 9.99. The van der Waals surface area contributed by atoms with Crippen molar-refractivity contribution in [3.8, 4) is 11.1 Å². The van der Waals surface area contributed by atoms with Gasteiger partial charge in [-0.1, -0.05) is 30.3 Å². The largest absolute Gasteiger partial charge is 0.330 e. The number of nitrogens with one attached hydrogen (secondary N) is 2. The highest BCUT2D eigenvalue weighted by Gasteiger charge is 2.15. The molecule has 142 valence electrons. The summed E-state index contributed by atoms with van der Waals surface area (Å²) in [6.07, 6.45) is 4.50. The zero-order chi connectivity index (χ0) is 18.5. The van der Waals surface area contributed by atoms with Crippen LogP contribution >= 0.6 is 0 Å². The molecule has 3 aromatic rings. The Morgan fingerprint density at radius 3 is 2.63 bits per heavy atom. The van der Waals surface area contributed by atoms with Crippen molar-refractivity contribution in [3.63, 3.8) is 0 Å². The number of fused-ring (bicyclic) bond motifs is 1. The van der Waals surface area contributed by atoms with Crippen LogP contribution in [0.25, 0.3) is 22.2 Å². The van der Waals surface area contributed by atoms with Crippen molar-refractivity contribution < 1.29 is 0 Å². The Kier molecular flexibility index (Phi) is 5.82. The minimum absolute atomic E-state index is 0.670. The third kappa shape index (κ3) is 4.38. The average molecular weight is 364 g/mol. The Morgan fingerprint density at radius 1 is 1.07 bits per heavy atom. The number of benzene rings is 2. The van der Waals surface area contributed by atoms with Gasteiger partial charge in [0.1, 0.15) is 0 Å². The van der Waals surface area contributed by atoms with Gasteiger partial charge in [0.05, 0.1) is 17.4 Å². The van der Waals surface area contributed by atoms with Gasteiger partial charge in [0.25, 0.3) is 0 Å². The Labute approximate surface area is 161 Å². The molecule has 1 aromatic heterocycles. The van der Waals surface area contributed by atoms with Crippen LogP contribution in [0.3, 0.4) is 0 Å². The van der Waals surface area contributed by atoms with E-state index >= 15 is 0 Å². The molecule has 1 aliphatic rings. The zero-order valence-electron chi connectivity index (χ0n) is 15.8. The summed E-state index contributed by atoms with van der Waals surface area (Å²) in [7, 11) is 0. The minimum Gasteiger partial charge on any atom is -0.330 e. The van der Waals surface area contributed by atoms with Gasteiger partial charge in [-0.25, -0.2) is 4.98 Å². The van der Waals surface area contributed by atoms with Crippen molar-refractivity contribution in [2.45, 2.75) is 25.9 Å². The van der Waals surface area contributed by atoms with Crippen LogP contribution in [0.2, 0.25) is 0 Å². The van der Waals surface area contributed by atoms with Crippen molar-refractivity contribution in [1.82, 2.24) is 20.2 Å². The summed E-state index contributed by atoms with van der Waals surface area (Å²) >= 11 is 0. The first-order valence-corrected chi connectivity index (χ1v) is 9.99. The summed E-state index contributed by atoms with van der Waals surface area (Å²) in [5, 5.41) is 6.78. The van der Waals surface area contributed by atoms with Crippen LogP contribution in [-0.2, 0) is 13.1 Å². The Bertz CT molecular complexity index is 862. The number of hydrogen-bond acceptors (Lipinski definition) is 4. The summed E-state index contributed by atoms with van der Waals surface area (Å²) in [5.41, 5.74) is 11.6. The lowest BCUT2D eigenvalue weighted by molar-refractivity contribution is 0.336. The van der Waals surface area contributed by atoms with Crippen LogP contribution in [0, 0.1) is 5.92 Å². The monoisotopic (exact) mass is 363 g/mol. The molecule has 2 aromatic carbocycles. The summed E-state index contributed by atoms with van der Waals surface area (Å²) in [6, 6.07) is 15.4. The van der Waals surface area contributed by atoms with Crippen LogP contribution in [0.4, 0.5) is 0 Å². The lowest BCUT2D eigenvalue weighted by Crippen LogP contribution is -2.29. The van der Waals surface area contributed by atoms with Gasteiger partial charge in [0.15, 0.2) is 0 Å². The fourth-order valence-electron chi connectivity index (χ4n) is 3.87. The van der Waals surface area contributed by atoms with E-state index in [1.807, 2.05) is 6.33 Å². The second-order valence-corrected chi connectivity index (χ2v) is 7.46. The van der Waals surface area contributed by atoms with Gasteiger partial charge in [-0.05, 0) is 60.7 Å². The highest BCUT2D eigenvalue weighted by atomic mass is 15.0. The molecule has 0 bridgehead atoms. The fourth-order valence-corrected chi connectivity index (χ4v) is 3.87. The fraction of sp³-hybridized carbons (Fsp3) is 0.409. The molecule has 1 aliphatic heterocycles. The van der Waals surface area contributed by atoms with Gasteiger partial charge in [-0.3, -0.25) is 0 Å². The first-order chi connectivity index (χ1) is 13.3. The van der Waals surface area contributed by atoms with Crippen LogP contribution in [0.15, 0.2) is 48.8 Å². The average Bonchev–Trinajstić information content (AvgIpc) is 3.11. The van der Waals surface area contributed by atoms with Crippen LogP contribution in [0.1, 0.15) is 18.4 Å². The maximum atomic E-state index is 5.53. The number of piperidine rings is 1. The number of nitrogens with zero attached hydrogens (tertiary/aromatic N) is 2. The van der Waals surface area contributed by atoms with E-state index in [9.17, 15) is 0 Å². The van der Waals surface area contributed by atoms with Gasteiger partial charge < -0.3 is 20.9 Å². The third-order valence-electron chi connectivity index (χ3n) is 5.47. The molecule has 0 aliphatic carbocycles. The molecule has 0 spiro atoms. The molecule has 0 saturated carbocycles. The molecular formula is C22H29N5. The second kappa shape index (κ2) is 8.65. The SMILES string of the molecule is NCCNCc1ccc(-c2ccc3ncn(CC4CCNCC4)c3c2)cc1. The first kappa shape index (κ1) is 18.2. The summed E-state index contributed by atoms with van der Waals surface area (Å²) in [5.74, 6) is 0.743. The summed E-state index contributed by atoms with van der Waals surface area (Å²) in [4.78, 5) is 4.60. The van der Waals surface area contributed by atoms with Gasteiger partial charge in [-0.15, -0.1) is 0 Å². The van der Waals surface area contributed by atoms with Crippen LogP contribution in [-0.4, -0.2) is 35.7 Å². The Morgan fingerprint density at radius 2 is 1.85 bits per heavy atom. The van der Waals surface area contributed by atoms with E-state index in [2.05, 4.69) is 62.6 Å². The summed E-state index contributed by atoms with van der Waals surface area (Å²) in [6.45, 7) is 5.71. The molecular weight excluding hydrogens is 334 g/mol. The topological polar surface area (TPSA) is 67.9 Å². The highest BCUT2D eigenvalue weighted by Crippen LogP contribution is 2.26. The number of rotatable bonds is 7. The van der Waals surface area contributed by atoms with Crippen molar-refractivity contribution in [2.24, 2.45) is 11.7 Å². The number of nitrogens with two attached hydrogens (primary N) is 1. The van der Waals surface area contributed by atoms with Gasteiger partial charge >= 0.3 is 0 Å². The number of hydrogen-bond donors (Lipinski definition) is 3. The molecule has 1 fully saturated rings. The van der Waals surface area contributed by atoms with Crippen LogP contribution in [0.5, 0.6) is 0 Å². The maximum absolute atomic E-state index is 5.53. The molecule has 2 heterocycles. The second-order valence-electron chi connectivity index (χ2n) is 7.46. The van der Waals surface area contributed by atoms with Crippen LogP contribution < -0.4 is 16.4 Å². The number of imidazole rings is 1. The predicted octanol–water partition coefficient (Wildman–Crippen LogP) is 2.75. The lowest BCUT2D eigenvalue weighted by Gasteiger charge is -2.23. The molecule has 27 heavy (non-hydrogen) atoms. The minimum atomic E-state index is 0.670. The summed E-state index contributed by atoms with van der Waals surface area (Å²) < 4.78 is 2.33. The van der Waals surface area contributed by atoms with Gasteiger partial charge in [0, 0.05) is 26.2 Å². The molecule has 5 heteroatoms. The third-order valence-corrected chi connectivity index (χ3v) is 5.47. The van der Waals surface area contributed by atoms with Crippen molar-refractivity contribution >= 4 is 11.0 Å². The molecule has 5 nitrogen and oxygen atoms in total. The molecule has 1 saturated heterocycles. The van der Waals surface area contributed by atoms with Gasteiger partial charge in [-0.2, -0.15) is 0 Å². The molecule has 0 amide bonds.